The molecule has 3 fully saturated rings. The van der Waals surface area contributed by atoms with Gasteiger partial charge < -0.3 is 4.90 Å². The minimum atomic E-state index is -3.55. The fourth-order valence-electron chi connectivity index (χ4n) is 4.89. The van der Waals surface area contributed by atoms with Crippen LogP contribution >= 0.6 is 0 Å². The number of carbonyl (C=O) groups excluding carboxylic acids is 1. The number of amides is 1. The van der Waals surface area contributed by atoms with Gasteiger partial charge in [0, 0.05) is 25.2 Å². The number of hydrogen-bond donors (Lipinski definition) is 1. The van der Waals surface area contributed by atoms with E-state index in [1.165, 1.54) is 19.3 Å². The van der Waals surface area contributed by atoms with Crippen LogP contribution in [-0.2, 0) is 14.8 Å². The van der Waals surface area contributed by atoms with Crippen LogP contribution in [0.1, 0.15) is 44.1 Å². The smallest absolute Gasteiger partial charge is 0.240 e. The monoisotopic (exact) mass is 362 g/mol. The molecule has 4 rings (SSSR count). The Hall–Kier alpha value is -1.40. The lowest BCUT2D eigenvalue weighted by Gasteiger charge is -2.22. The Morgan fingerprint density at radius 1 is 1.24 bits per heavy atom. The fourth-order valence-corrected chi connectivity index (χ4v) is 6.25. The molecule has 3 atom stereocenters. The van der Waals surface area contributed by atoms with Crippen LogP contribution in [-0.4, -0.2) is 27.4 Å². The highest BCUT2D eigenvalue weighted by Gasteiger charge is 2.39. The lowest BCUT2D eigenvalue weighted by Crippen LogP contribution is -2.32. The summed E-state index contributed by atoms with van der Waals surface area (Å²) in [6.45, 7) is 3.01. The lowest BCUT2D eigenvalue weighted by atomic mass is 9.89. The standard InChI is InChI=1S/C19H26N2O3S/c1-13-4-7-17(21-8-2-3-19(21)22)11-18(13)25(23,24)20-12-16-10-14-5-6-15(16)9-14/h4,7,11,14-16,20H,2-3,5-6,8-10,12H2,1H3/t14-,15+,16-/m0/s1. The molecule has 1 saturated heterocycles. The lowest BCUT2D eigenvalue weighted by molar-refractivity contribution is -0.117. The van der Waals surface area contributed by atoms with E-state index in [4.69, 9.17) is 0 Å². The zero-order valence-electron chi connectivity index (χ0n) is 14.7. The number of carbonyl (C=O) groups is 1. The summed E-state index contributed by atoms with van der Waals surface area (Å²) >= 11 is 0. The van der Waals surface area contributed by atoms with E-state index < -0.39 is 10.0 Å². The number of anilines is 1. The molecule has 25 heavy (non-hydrogen) atoms. The molecule has 1 N–H and O–H groups in total. The van der Waals surface area contributed by atoms with E-state index in [9.17, 15) is 13.2 Å². The third-order valence-electron chi connectivity index (χ3n) is 6.27. The summed E-state index contributed by atoms with van der Waals surface area (Å²) in [5.74, 6) is 2.06. The SMILES string of the molecule is Cc1ccc(N2CCCC2=O)cc1S(=O)(=O)NC[C@@H]1C[C@H]2CC[C@@H]1C2. The van der Waals surface area contributed by atoms with Gasteiger partial charge in [-0.2, -0.15) is 0 Å². The summed E-state index contributed by atoms with van der Waals surface area (Å²) in [7, 11) is -3.55. The summed E-state index contributed by atoms with van der Waals surface area (Å²) in [6, 6.07) is 5.29. The zero-order valence-corrected chi connectivity index (χ0v) is 15.5. The largest absolute Gasteiger partial charge is 0.312 e. The molecule has 1 aromatic carbocycles. The number of rotatable bonds is 5. The summed E-state index contributed by atoms with van der Waals surface area (Å²) in [5, 5.41) is 0. The minimum absolute atomic E-state index is 0.0714. The van der Waals surface area contributed by atoms with Crippen LogP contribution < -0.4 is 9.62 Å². The molecule has 0 radical (unpaired) electrons. The van der Waals surface area contributed by atoms with Crippen LogP contribution in [0.5, 0.6) is 0 Å². The van der Waals surface area contributed by atoms with Gasteiger partial charge >= 0.3 is 0 Å². The quantitative estimate of drug-likeness (QED) is 0.876. The zero-order chi connectivity index (χ0) is 17.6. The second-order valence-electron chi connectivity index (χ2n) is 7.89. The van der Waals surface area contributed by atoms with Crippen molar-refractivity contribution in [2.75, 3.05) is 18.0 Å². The molecule has 6 heteroatoms. The molecule has 2 saturated carbocycles. The van der Waals surface area contributed by atoms with Crippen LogP contribution in [0.4, 0.5) is 5.69 Å². The van der Waals surface area contributed by atoms with Gasteiger partial charge in [-0.3, -0.25) is 4.79 Å². The number of sulfonamides is 1. The van der Waals surface area contributed by atoms with E-state index in [0.717, 1.165) is 24.3 Å². The van der Waals surface area contributed by atoms with E-state index >= 15 is 0 Å². The van der Waals surface area contributed by atoms with E-state index in [1.807, 2.05) is 13.0 Å². The molecule has 1 aliphatic heterocycles. The van der Waals surface area contributed by atoms with Gasteiger partial charge in [-0.25, -0.2) is 13.1 Å². The van der Waals surface area contributed by atoms with Gasteiger partial charge in [-0.1, -0.05) is 12.5 Å². The summed E-state index contributed by atoms with van der Waals surface area (Å²) in [6.07, 6.45) is 6.38. The number of hydrogen-bond acceptors (Lipinski definition) is 3. The Labute approximate surface area is 149 Å². The van der Waals surface area contributed by atoms with Gasteiger partial charge in [0.25, 0.3) is 0 Å². The molecule has 0 aromatic heterocycles. The highest BCUT2D eigenvalue weighted by Crippen LogP contribution is 2.48. The Morgan fingerprint density at radius 2 is 2.08 bits per heavy atom. The Balaban J connectivity index is 1.52. The van der Waals surface area contributed by atoms with Crippen LogP contribution in [0.3, 0.4) is 0 Å². The predicted molar refractivity (Wildman–Crippen MR) is 96.9 cm³/mol. The van der Waals surface area contributed by atoms with E-state index in [0.29, 0.717) is 41.9 Å². The molecular formula is C19H26N2O3S. The van der Waals surface area contributed by atoms with Gasteiger partial charge in [0.15, 0.2) is 0 Å². The summed E-state index contributed by atoms with van der Waals surface area (Å²) in [5.41, 5.74) is 1.41. The second-order valence-corrected chi connectivity index (χ2v) is 9.62. The molecule has 2 aliphatic carbocycles. The maximum Gasteiger partial charge on any atom is 0.240 e. The van der Waals surface area contributed by atoms with Gasteiger partial charge in [-0.15, -0.1) is 0 Å². The van der Waals surface area contributed by atoms with Crippen molar-refractivity contribution in [2.24, 2.45) is 17.8 Å². The number of nitrogens with zero attached hydrogens (tertiary/aromatic N) is 1. The van der Waals surface area contributed by atoms with Gasteiger partial charge in [0.05, 0.1) is 4.90 Å². The van der Waals surface area contributed by atoms with Crippen molar-refractivity contribution in [3.05, 3.63) is 23.8 Å². The molecular weight excluding hydrogens is 336 g/mol. The molecule has 5 nitrogen and oxygen atoms in total. The first kappa shape index (κ1) is 17.0. The molecule has 1 aromatic rings. The first-order valence-electron chi connectivity index (χ1n) is 9.35. The van der Waals surface area contributed by atoms with Crippen LogP contribution in [0.15, 0.2) is 23.1 Å². The minimum Gasteiger partial charge on any atom is -0.312 e. The van der Waals surface area contributed by atoms with Crippen LogP contribution in [0, 0.1) is 24.7 Å². The Kier molecular flexibility index (Phi) is 4.36. The van der Waals surface area contributed by atoms with Crippen molar-refractivity contribution in [2.45, 2.75) is 50.3 Å². The molecule has 3 aliphatic rings. The van der Waals surface area contributed by atoms with Crippen molar-refractivity contribution in [3.63, 3.8) is 0 Å². The predicted octanol–water partition coefficient (Wildman–Crippen LogP) is 2.84. The van der Waals surface area contributed by atoms with Gasteiger partial charge in [-0.05, 0) is 68.1 Å². The highest BCUT2D eigenvalue weighted by atomic mass is 32.2. The second kappa shape index (κ2) is 6.40. The van der Waals surface area contributed by atoms with Crippen molar-refractivity contribution < 1.29 is 13.2 Å². The average molecular weight is 362 g/mol. The van der Waals surface area contributed by atoms with Gasteiger partial charge in [0.2, 0.25) is 15.9 Å². The summed E-state index contributed by atoms with van der Waals surface area (Å²) in [4.78, 5) is 13.9. The topological polar surface area (TPSA) is 66.5 Å². The highest BCUT2D eigenvalue weighted by molar-refractivity contribution is 7.89. The van der Waals surface area contributed by atoms with Crippen molar-refractivity contribution in [1.29, 1.82) is 0 Å². The molecule has 2 bridgehead atoms. The maximum atomic E-state index is 12.9. The van der Waals surface area contributed by atoms with E-state index in [1.54, 1.807) is 17.0 Å². The number of benzene rings is 1. The third-order valence-corrected chi connectivity index (χ3v) is 7.83. The maximum absolute atomic E-state index is 12.9. The average Bonchev–Trinajstić information content (AvgIpc) is 3.30. The summed E-state index contributed by atoms with van der Waals surface area (Å²) < 4.78 is 28.5. The Morgan fingerprint density at radius 3 is 2.72 bits per heavy atom. The van der Waals surface area contributed by atoms with E-state index in [-0.39, 0.29) is 5.91 Å². The van der Waals surface area contributed by atoms with Crippen molar-refractivity contribution in [1.82, 2.24) is 4.72 Å². The van der Waals surface area contributed by atoms with Gasteiger partial charge in [0.1, 0.15) is 0 Å². The first-order chi connectivity index (χ1) is 11.9. The molecule has 1 heterocycles. The normalized spacial score (nSPS) is 28.9. The molecule has 1 amide bonds. The molecule has 0 unspecified atom stereocenters. The number of aryl methyl sites for hydroxylation is 1. The number of nitrogens with one attached hydrogen (secondary N) is 1. The van der Waals surface area contributed by atoms with Crippen molar-refractivity contribution >= 4 is 21.6 Å². The van der Waals surface area contributed by atoms with E-state index in [2.05, 4.69) is 4.72 Å². The molecule has 136 valence electrons. The fraction of sp³-hybridized carbons (Fsp3) is 0.632. The number of fused-ring (bicyclic) bond motifs is 2. The third kappa shape index (κ3) is 3.22. The Bertz CT molecular complexity index is 790. The molecule has 0 spiro atoms. The van der Waals surface area contributed by atoms with Crippen LogP contribution in [0.2, 0.25) is 0 Å². The van der Waals surface area contributed by atoms with Crippen molar-refractivity contribution in [3.8, 4) is 0 Å². The first-order valence-corrected chi connectivity index (χ1v) is 10.8. The van der Waals surface area contributed by atoms with Crippen LogP contribution in [0.25, 0.3) is 0 Å².